The monoisotopic (exact) mass is 226 g/mol. The average molecular weight is 226 g/mol. The van der Waals surface area contributed by atoms with Gasteiger partial charge in [0.2, 0.25) is 0 Å². The standard InChI is InChI=1S/C17H22/c1-5-13-11-12-14-9-7-8-10-15(14)16(13)17(3,4)6-2/h7-12H,5-6H2,1-4H3. The highest BCUT2D eigenvalue weighted by atomic mass is 14.3. The van der Waals surface area contributed by atoms with E-state index in [1.54, 1.807) is 5.56 Å². The minimum atomic E-state index is 0.256. The van der Waals surface area contributed by atoms with Crippen molar-refractivity contribution in [3.8, 4) is 0 Å². The molecule has 0 aliphatic rings. The molecule has 0 radical (unpaired) electrons. The zero-order valence-corrected chi connectivity index (χ0v) is 11.4. The number of hydrogen-bond acceptors (Lipinski definition) is 0. The Hall–Kier alpha value is -1.30. The van der Waals surface area contributed by atoms with Crippen LogP contribution in [-0.2, 0) is 11.8 Å². The summed E-state index contributed by atoms with van der Waals surface area (Å²) in [5, 5.41) is 2.79. The summed E-state index contributed by atoms with van der Waals surface area (Å²) >= 11 is 0. The van der Waals surface area contributed by atoms with E-state index < -0.39 is 0 Å². The molecule has 0 aromatic heterocycles. The Labute approximate surface area is 105 Å². The van der Waals surface area contributed by atoms with Crippen LogP contribution in [0.5, 0.6) is 0 Å². The van der Waals surface area contributed by atoms with Gasteiger partial charge in [-0.05, 0) is 40.2 Å². The molecular formula is C17H22. The number of benzene rings is 2. The van der Waals surface area contributed by atoms with E-state index in [2.05, 4.69) is 64.1 Å². The molecule has 2 aromatic rings. The molecule has 0 spiro atoms. The highest BCUT2D eigenvalue weighted by Gasteiger charge is 2.23. The van der Waals surface area contributed by atoms with Gasteiger partial charge in [-0.15, -0.1) is 0 Å². The first-order chi connectivity index (χ1) is 8.10. The third kappa shape index (κ3) is 2.09. The minimum Gasteiger partial charge on any atom is -0.0646 e. The SMILES string of the molecule is CCc1ccc2ccccc2c1C(C)(C)CC. The largest absolute Gasteiger partial charge is 0.0646 e. The van der Waals surface area contributed by atoms with Gasteiger partial charge >= 0.3 is 0 Å². The molecule has 0 aliphatic carbocycles. The van der Waals surface area contributed by atoms with E-state index >= 15 is 0 Å². The fourth-order valence-corrected chi connectivity index (χ4v) is 2.59. The Balaban J connectivity index is 2.80. The van der Waals surface area contributed by atoms with E-state index in [0.717, 1.165) is 6.42 Å². The Morgan fingerprint density at radius 2 is 1.65 bits per heavy atom. The molecule has 0 bridgehead atoms. The number of rotatable bonds is 3. The Morgan fingerprint density at radius 3 is 2.29 bits per heavy atom. The number of fused-ring (bicyclic) bond motifs is 1. The molecule has 0 N–H and O–H groups in total. The Morgan fingerprint density at radius 1 is 0.941 bits per heavy atom. The molecule has 0 nitrogen and oxygen atoms in total. The van der Waals surface area contributed by atoms with Crippen molar-refractivity contribution in [3.05, 3.63) is 47.5 Å². The quantitative estimate of drug-likeness (QED) is 0.684. The van der Waals surface area contributed by atoms with Crippen LogP contribution in [0.2, 0.25) is 0 Å². The summed E-state index contributed by atoms with van der Waals surface area (Å²) in [4.78, 5) is 0. The minimum absolute atomic E-state index is 0.256. The zero-order chi connectivity index (χ0) is 12.5. The van der Waals surface area contributed by atoms with Crippen molar-refractivity contribution in [1.29, 1.82) is 0 Å². The van der Waals surface area contributed by atoms with Gasteiger partial charge < -0.3 is 0 Å². The van der Waals surface area contributed by atoms with Gasteiger partial charge in [0.05, 0.1) is 0 Å². The topological polar surface area (TPSA) is 0 Å². The lowest BCUT2D eigenvalue weighted by Gasteiger charge is -2.28. The molecule has 0 fully saturated rings. The molecule has 0 saturated heterocycles. The van der Waals surface area contributed by atoms with Crippen molar-refractivity contribution in [1.82, 2.24) is 0 Å². The van der Waals surface area contributed by atoms with Crippen LogP contribution in [0.3, 0.4) is 0 Å². The van der Waals surface area contributed by atoms with Crippen molar-refractivity contribution < 1.29 is 0 Å². The van der Waals surface area contributed by atoms with Gasteiger partial charge in [-0.2, -0.15) is 0 Å². The fraction of sp³-hybridized carbons (Fsp3) is 0.412. The van der Waals surface area contributed by atoms with Crippen LogP contribution in [0.25, 0.3) is 10.8 Å². The Bertz CT molecular complexity index is 521. The van der Waals surface area contributed by atoms with Crippen LogP contribution in [0, 0.1) is 0 Å². The van der Waals surface area contributed by atoms with E-state index in [1.807, 2.05) is 0 Å². The van der Waals surface area contributed by atoms with Gasteiger partial charge in [0.15, 0.2) is 0 Å². The molecule has 0 saturated carbocycles. The maximum Gasteiger partial charge on any atom is -0.00973 e. The van der Waals surface area contributed by atoms with Crippen LogP contribution >= 0.6 is 0 Å². The Kier molecular flexibility index (Phi) is 3.24. The lowest BCUT2D eigenvalue weighted by atomic mass is 9.76. The molecule has 0 heterocycles. The third-order valence-corrected chi connectivity index (χ3v) is 3.96. The summed E-state index contributed by atoms with van der Waals surface area (Å²) in [6.07, 6.45) is 2.29. The first-order valence-corrected chi connectivity index (χ1v) is 6.61. The summed E-state index contributed by atoms with van der Waals surface area (Å²) in [6, 6.07) is 13.3. The van der Waals surface area contributed by atoms with Gasteiger partial charge in [0.1, 0.15) is 0 Å². The molecule has 2 aromatic carbocycles. The predicted molar refractivity (Wildman–Crippen MR) is 76.6 cm³/mol. The molecule has 17 heavy (non-hydrogen) atoms. The van der Waals surface area contributed by atoms with E-state index in [1.165, 1.54) is 22.8 Å². The lowest BCUT2D eigenvalue weighted by molar-refractivity contribution is 0.506. The smallest absolute Gasteiger partial charge is 0.00973 e. The summed E-state index contributed by atoms with van der Waals surface area (Å²) < 4.78 is 0. The van der Waals surface area contributed by atoms with Crippen molar-refractivity contribution in [2.75, 3.05) is 0 Å². The van der Waals surface area contributed by atoms with Crippen molar-refractivity contribution >= 4 is 10.8 Å². The highest BCUT2D eigenvalue weighted by Crippen LogP contribution is 2.35. The number of aryl methyl sites for hydroxylation is 1. The zero-order valence-electron chi connectivity index (χ0n) is 11.4. The first-order valence-electron chi connectivity index (χ1n) is 6.61. The van der Waals surface area contributed by atoms with E-state index in [9.17, 15) is 0 Å². The average Bonchev–Trinajstić information content (AvgIpc) is 2.37. The predicted octanol–water partition coefficient (Wildman–Crippen LogP) is 5.09. The summed E-state index contributed by atoms with van der Waals surface area (Å²) in [6.45, 7) is 9.24. The number of hydrogen-bond donors (Lipinski definition) is 0. The van der Waals surface area contributed by atoms with Crippen LogP contribution < -0.4 is 0 Å². The molecule has 0 amide bonds. The van der Waals surface area contributed by atoms with Crippen LogP contribution in [0.15, 0.2) is 36.4 Å². The molecule has 2 rings (SSSR count). The maximum absolute atomic E-state index is 2.36. The van der Waals surface area contributed by atoms with Crippen molar-refractivity contribution in [3.63, 3.8) is 0 Å². The van der Waals surface area contributed by atoms with Gasteiger partial charge in [0, 0.05) is 0 Å². The summed E-state index contributed by atoms with van der Waals surface area (Å²) in [5.74, 6) is 0. The van der Waals surface area contributed by atoms with Crippen LogP contribution in [-0.4, -0.2) is 0 Å². The van der Waals surface area contributed by atoms with Crippen LogP contribution in [0.4, 0.5) is 0 Å². The highest BCUT2D eigenvalue weighted by molar-refractivity contribution is 5.87. The van der Waals surface area contributed by atoms with E-state index in [0.29, 0.717) is 0 Å². The van der Waals surface area contributed by atoms with E-state index in [4.69, 9.17) is 0 Å². The molecule has 0 aliphatic heterocycles. The van der Waals surface area contributed by atoms with Gasteiger partial charge in [-0.1, -0.05) is 64.1 Å². The second-order valence-electron chi connectivity index (χ2n) is 5.41. The fourth-order valence-electron chi connectivity index (χ4n) is 2.59. The summed E-state index contributed by atoms with van der Waals surface area (Å²) in [5.41, 5.74) is 3.29. The van der Waals surface area contributed by atoms with Crippen LogP contribution in [0.1, 0.15) is 45.2 Å². The van der Waals surface area contributed by atoms with Gasteiger partial charge in [0.25, 0.3) is 0 Å². The first kappa shape index (κ1) is 12.2. The summed E-state index contributed by atoms with van der Waals surface area (Å²) in [7, 11) is 0. The van der Waals surface area contributed by atoms with Crippen molar-refractivity contribution in [2.45, 2.75) is 46.0 Å². The van der Waals surface area contributed by atoms with Crippen molar-refractivity contribution in [2.24, 2.45) is 0 Å². The molecule has 0 unspecified atom stereocenters. The molecule has 0 atom stereocenters. The second-order valence-corrected chi connectivity index (χ2v) is 5.41. The lowest BCUT2D eigenvalue weighted by Crippen LogP contribution is -2.18. The third-order valence-electron chi connectivity index (χ3n) is 3.96. The second kappa shape index (κ2) is 4.52. The molecule has 0 heteroatoms. The molecule has 90 valence electrons. The van der Waals surface area contributed by atoms with Gasteiger partial charge in [-0.25, -0.2) is 0 Å². The molecular weight excluding hydrogens is 204 g/mol. The normalized spacial score (nSPS) is 12.0. The maximum atomic E-state index is 2.36. The van der Waals surface area contributed by atoms with E-state index in [-0.39, 0.29) is 5.41 Å². The van der Waals surface area contributed by atoms with Gasteiger partial charge in [-0.3, -0.25) is 0 Å².